The minimum Gasteiger partial charge on any atom is -0.496 e. The van der Waals surface area contributed by atoms with Crippen molar-refractivity contribution in [2.75, 3.05) is 13.7 Å². The second-order valence-electron chi connectivity index (χ2n) is 6.15. The number of hydrogen-bond donors (Lipinski definition) is 2. The van der Waals surface area contributed by atoms with Crippen LogP contribution >= 0.6 is 0 Å². The van der Waals surface area contributed by atoms with Crippen LogP contribution in [-0.2, 0) is 9.59 Å². The zero-order valence-corrected chi connectivity index (χ0v) is 14.2. The van der Waals surface area contributed by atoms with Gasteiger partial charge in [-0.1, -0.05) is 48.5 Å². The molecule has 2 amide bonds. The molecule has 0 bridgehead atoms. The van der Waals surface area contributed by atoms with E-state index >= 15 is 0 Å². The van der Waals surface area contributed by atoms with Crippen molar-refractivity contribution in [1.29, 1.82) is 0 Å². The van der Waals surface area contributed by atoms with E-state index in [1.54, 1.807) is 7.11 Å². The molecule has 1 unspecified atom stereocenters. The number of ether oxygens (including phenoxy) is 1. The monoisotopic (exact) mass is 338 g/mol. The molecule has 1 fully saturated rings. The zero-order valence-electron chi connectivity index (χ0n) is 14.2. The number of methoxy groups -OCH3 is 1. The van der Waals surface area contributed by atoms with Crippen molar-refractivity contribution in [2.24, 2.45) is 5.92 Å². The Labute approximate surface area is 147 Å². The second kappa shape index (κ2) is 7.83. The molecule has 1 saturated carbocycles. The summed E-state index contributed by atoms with van der Waals surface area (Å²) in [4.78, 5) is 24.1. The van der Waals surface area contributed by atoms with Gasteiger partial charge in [0, 0.05) is 11.5 Å². The van der Waals surface area contributed by atoms with Gasteiger partial charge >= 0.3 is 0 Å². The first-order valence-electron chi connectivity index (χ1n) is 8.44. The van der Waals surface area contributed by atoms with Crippen LogP contribution in [0.4, 0.5) is 0 Å². The Morgan fingerprint density at radius 2 is 1.76 bits per heavy atom. The van der Waals surface area contributed by atoms with Crippen molar-refractivity contribution in [3.8, 4) is 5.75 Å². The number of hydrogen-bond acceptors (Lipinski definition) is 3. The van der Waals surface area contributed by atoms with Crippen molar-refractivity contribution in [1.82, 2.24) is 10.6 Å². The van der Waals surface area contributed by atoms with Crippen LogP contribution in [0.25, 0.3) is 0 Å². The highest BCUT2D eigenvalue weighted by Crippen LogP contribution is 2.30. The van der Waals surface area contributed by atoms with Crippen LogP contribution in [0.5, 0.6) is 5.75 Å². The lowest BCUT2D eigenvalue weighted by atomic mass is 9.97. The fraction of sp³-hybridized carbons (Fsp3) is 0.300. The largest absolute Gasteiger partial charge is 0.496 e. The lowest BCUT2D eigenvalue weighted by Crippen LogP contribution is -2.39. The fourth-order valence-corrected chi connectivity index (χ4v) is 2.76. The van der Waals surface area contributed by atoms with Crippen LogP contribution in [0.3, 0.4) is 0 Å². The van der Waals surface area contributed by atoms with Gasteiger partial charge in [-0.3, -0.25) is 9.59 Å². The third-order valence-corrected chi connectivity index (χ3v) is 4.26. The molecular weight excluding hydrogens is 316 g/mol. The molecule has 0 spiro atoms. The summed E-state index contributed by atoms with van der Waals surface area (Å²) in [6.07, 6.45) is 1.84. The topological polar surface area (TPSA) is 67.4 Å². The van der Waals surface area contributed by atoms with E-state index in [2.05, 4.69) is 10.6 Å². The summed E-state index contributed by atoms with van der Waals surface area (Å²) in [6.45, 7) is -0.0200. The van der Waals surface area contributed by atoms with E-state index in [0.29, 0.717) is 5.75 Å². The Bertz CT molecular complexity index is 742. The van der Waals surface area contributed by atoms with Crippen molar-refractivity contribution < 1.29 is 14.3 Å². The van der Waals surface area contributed by atoms with Crippen LogP contribution in [-0.4, -0.2) is 25.5 Å². The first-order valence-corrected chi connectivity index (χ1v) is 8.44. The highest BCUT2D eigenvalue weighted by Gasteiger charge is 2.29. The highest BCUT2D eigenvalue weighted by molar-refractivity contribution is 5.87. The summed E-state index contributed by atoms with van der Waals surface area (Å²) in [5, 5.41) is 5.70. The molecule has 0 radical (unpaired) electrons. The number of para-hydroxylation sites is 1. The molecule has 1 aliphatic rings. The van der Waals surface area contributed by atoms with Crippen molar-refractivity contribution in [3.05, 3.63) is 65.7 Å². The van der Waals surface area contributed by atoms with Crippen LogP contribution in [0, 0.1) is 5.92 Å². The number of benzene rings is 2. The zero-order chi connectivity index (χ0) is 17.6. The molecule has 1 atom stereocenters. The molecule has 5 nitrogen and oxygen atoms in total. The summed E-state index contributed by atoms with van der Waals surface area (Å²) in [7, 11) is 1.61. The Balaban J connectivity index is 1.77. The molecule has 2 aromatic rings. The van der Waals surface area contributed by atoms with Crippen LogP contribution < -0.4 is 15.4 Å². The van der Waals surface area contributed by atoms with Gasteiger partial charge in [-0.15, -0.1) is 0 Å². The smallest absolute Gasteiger partial charge is 0.240 e. The molecule has 2 N–H and O–H groups in total. The second-order valence-corrected chi connectivity index (χ2v) is 6.15. The van der Waals surface area contributed by atoms with Crippen molar-refractivity contribution in [2.45, 2.75) is 18.9 Å². The van der Waals surface area contributed by atoms with Crippen molar-refractivity contribution >= 4 is 11.8 Å². The molecule has 0 saturated heterocycles. The highest BCUT2D eigenvalue weighted by atomic mass is 16.5. The molecule has 130 valence electrons. The summed E-state index contributed by atoms with van der Waals surface area (Å²) in [5.41, 5.74) is 1.83. The third kappa shape index (κ3) is 4.38. The summed E-state index contributed by atoms with van der Waals surface area (Å²) in [6, 6.07) is 17.0. The van der Waals surface area contributed by atoms with E-state index in [-0.39, 0.29) is 30.3 Å². The summed E-state index contributed by atoms with van der Waals surface area (Å²) < 4.78 is 5.45. The predicted octanol–water partition coefficient (Wildman–Crippen LogP) is 2.43. The van der Waals surface area contributed by atoms with Gasteiger partial charge in [-0.25, -0.2) is 0 Å². The fourth-order valence-electron chi connectivity index (χ4n) is 2.76. The molecule has 25 heavy (non-hydrogen) atoms. The van der Waals surface area contributed by atoms with Gasteiger partial charge in [-0.05, 0) is 24.5 Å². The van der Waals surface area contributed by atoms with E-state index in [1.165, 1.54) is 0 Å². The molecule has 1 aliphatic carbocycles. The minimum atomic E-state index is -0.345. The number of nitrogens with one attached hydrogen (secondary N) is 2. The first kappa shape index (κ1) is 17.0. The molecule has 0 aliphatic heterocycles. The van der Waals surface area contributed by atoms with Crippen LogP contribution in [0.15, 0.2) is 54.6 Å². The number of carbonyl (C=O) groups is 2. The summed E-state index contributed by atoms with van der Waals surface area (Å²) >= 11 is 0. The van der Waals surface area contributed by atoms with E-state index in [1.807, 2.05) is 54.6 Å². The van der Waals surface area contributed by atoms with E-state index in [4.69, 9.17) is 4.74 Å². The Morgan fingerprint density at radius 3 is 2.44 bits per heavy atom. The van der Waals surface area contributed by atoms with Gasteiger partial charge in [0.1, 0.15) is 5.75 Å². The number of rotatable bonds is 7. The molecule has 0 heterocycles. The van der Waals surface area contributed by atoms with Gasteiger partial charge in [0.2, 0.25) is 11.8 Å². The van der Waals surface area contributed by atoms with E-state index in [9.17, 15) is 9.59 Å². The Kier molecular flexibility index (Phi) is 5.33. The standard InChI is InChI=1S/C20H22N2O3/c1-25-17-10-6-5-9-16(17)19(14-7-3-2-4-8-14)22-18(23)13-21-20(24)15-11-12-15/h2-10,15,19H,11-13H2,1H3,(H,21,24)(H,22,23). The van der Waals surface area contributed by atoms with Gasteiger partial charge in [0.25, 0.3) is 0 Å². The third-order valence-electron chi connectivity index (χ3n) is 4.26. The Hall–Kier alpha value is -2.82. The molecule has 5 heteroatoms. The van der Waals surface area contributed by atoms with Crippen LogP contribution in [0.2, 0.25) is 0 Å². The lowest BCUT2D eigenvalue weighted by Gasteiger charge is -2.22. The maximum Gasteiger partial charge on any atom is 0.240 e. The average molecular weight is 338 g/mol. The molecule has 2 aromatic carbocycles. The first-order chi connectivity index (χ1) is 12.2. The predicted molar refractivity (Wildman–Crippen MR) is 95.2 cm³/mol. The quantitative estimate of drug-likeness (QED) is 0.815. The lowest BCUT2D eigenvalue weighted by molar-refractivity contribution is -0.127. The number of carbonyl (C=O) groups excluding carboxylic acids is 2. The van der Waals surface area contributed by atoms with Gasteiger partial charge < -0.3 is 15.4 Å². The van der Waals surface area contributed by atoms with E-state index in [0.717, 1.165) is 24.0 Å². The van der Waals surface area contributed by atoms with Gasteiger partial charge in [-0.2, -0.15) is 0 Å². The SMILES string of the molecule is COc1ccccc1C(NC(=O)CNC(=O)C1CC1)c1ccccc1. The Morgan fingerprint density at radius 1 is 1.08 bits per heavy atom. The van der Waals surface area contributed by atoms with E-state index < -0.39 is 0 Å². The molecule has 3 rings (SSSR count). The molecule has 0 aromatic heterocycles. The maximum atomic E-state index is 12.4. The maximum absolute atomic E-state index is 12.4. The van der Waals surface area contributed by atoms with Gasteiger partial charge in [0.05, 0.1) is 19.7 Å². The van der Waals surface area contributed by atoms with Crippen LogP contribution in [0.1, 0.15) is 30.0 Å². The summed E-state index contributed by atoms with van der Waals surface area (Å²) in [5.74, 6) is 0.531. The van der Waals surface area contributed by atoms with Crippen molar-refractivity contribution in [3.63, 3.8) is 0 Å². The number of amides is 2. The normalized spacial score (nSPS) is 14.4. The minimum absolute atomic E-state index is 0.0200. The average Bonchev–Trinajstić information content (AvgIpc) is 3.50. The van der Waals surface area contributed by atoms with Gasteiger partial charge in [0.15, 0.2) is 0 Å². The molecular formula is C20H22N2O3.